The van der Waals surface area contributed by atoms with Crippen molar-refractivity contribution >= 4 is 12.0 Å². The first-order chi connectivity index (χ1) is 7.56. The topological polar surface area (TPSA) is 60.9 Å². The van der Waals surface area contributed by atoms with E-state index < -0.39 is 5.97 Å². The summed E-state index contributed by atoms with van der Waals surface area (Å²) in [4.78, 5) is 26.2. The smallest absolute Gasteiger partial charge is 0.320 e. The largest absolute Gasteiger partial charge is 0.481 e. The highest BCUT2D eigenvalue weighted by Crippen LogP contribution is 2.38. The predicted octanol–water partition coefficient (Wildman–Crippen LogP) is 0.996. The molecule has 0 aromatic rings. The predicted molar refractivity (Wildman–Crippen MR) is 58.1 cm³/mol. The third-order valence-corrected chi connectivity index (χ3v) is 3.60. The molecule has 1 aliphatic carbocycles. The molecule has 1 saturated carbocycles. The Bertz CT molecular complexity index is 318. The fraction of sp³-hybridized carbons (Fsp3) is 0.818. The number of amides is 2. The molecule has 5 nitrogen and oxygen atoms in total. The molecule has 1 saturated heterocycles. The van der Waals surface area contributed by atoms with Gasteiger partial charge in [-0.15, -0.1) is 0 Å². The van der Waals surface area contributed by atoms with Crippen LogP contribution < -0.4 is 0 Å². The number of rotatable bonds is 4. The molecule has 2 fully saturated rings. The van der Waals surface area contributed by atoms with Crippen LogP contribution in [0.15, 0.2) is 0 Å². The van der Waals surface area contributed by atoms with Crippen molar-refractivity contribution in [1.82, 2.24) is 9.80 Å². The lowest BCUT2D eigenvalue weighted by Crippen LogP contribution is -2.33. The van der Waals surface area contributed by atoms with Crippen LogP contribution in [0.25, 0.3) is 0 Å². The van der Waals surface area contributed by atoms with Crippen LogP contribution in [0.1, 0.15) is 26.2 Å². The Hall–Kier alpha value is -1.26. The van der Waals surface area contributed by atoms with Gasteiger partial charge in [-0.25, -0.2) is 4.79 Å². The van der Waals surface area contributed by atoms with E-state index in [9.17, 15) is 9.59 Å². The van der Waals surface area contributed by atoms with E-state index in [2.05, 4.69) is 6.92 Å². The molecule has 0 aromatic carbocycles. The zero-order valence-electron chi connectivity index (χ0n) is 9.72. The first-order valence-electron chi connectivity index (χ1n) is 5.82. The zero-order chi connectivity index (χ0) is 11.9. The molecule has 2 aliphatic rings. The Morgan fingerprint density at radius 1 is 1.56 bits per heavy atom. The molecule has 2 rings (SSSR count). The monoisotopic (exact) mass is 226 g/mol. The van der Waals surface area contributed by atoms with Gasteiger partial charge in [0.25, 0.3) is 0 Å². The van der Waals surface area contributed by atoms with E-state index >= 15 is 0 Å². The number of carboxylic acids is 1. The van der Waals surface area contributed by atoms with Crippen molar-refractivity contribution in [2.24, 2.45) is 5.92 Å². The number of aliphatic carboxylic acids is 1. The van der Waals surface area contributed by atoms with E-state index in [1.807, 2.05) is 0 Å². The number of carbonyl (C=O) groups is 2. The normalized spacial score (nSPS) is 33.4. The third-order valence-electron chi connectivity index (χ3n) is 3.60. The Balaban J connectivity index is 1.98. The number of hydrogen-bond donors (Lipinski definition) is 1. The maximum Gasteiger partial charge on any atom is 0.320 e. The number of likely N-dealkylation sites (N-methyl/N-ethyl adjacent to an activating group) is 1. The number of hydrogen-bond acceptors (Lipinski definition) is 2. The van der Waals surface area contributed by atoms with Gasteiger partial charge >= 0.3 is 12.0 Å². The molecule has 3 atom stereocenters. The van der Waals surface area contributed by atoms with Crippen LogP contribution in [0, 0.1) is 5.92 Å². The van der Waals surface area contributed by atoms with Crippen molar-refractivity contribution in [1.29, 1.82) is 0 Å². The van der Waals surface area contributed by atoms with Gasteiger partial charge in [-0.1, -0.05) is 13.3 Å². The molecule has 90 valence electrons. The fourth-order valence-corrected chi connectivity index (χ4v) is 2.47. The summed E-state index contributed by atoms with van der Waals surface area (Å²) in [5.74, 6) is -1.11. The van der Waals surface area contributed by atoms with Crippen LogP contribution in [0.4, 0.5) is 4.79 Å². The maximum atomic E-state index is 11.9. The second-order valence-corrected chi connectivity index (χ2v) is 4.74. The van der Waals surface area contributed by atoms with E-state index in [1.54, 1.807) is 16.8 Å². The van der Waals surface area contributed by atoms with Crippen LogP contribution in [0.3, 0.4) is 0 Å². The van der Waals surface area contributed by atoms with E-state index in [1.165, 1.54) is 0 Å². The zero-order valence-corrected chi connectivity index (χ0v) is 9.72. The standard InChI is InChI=1S/C11H18N2O3/c1-3-4-7-6-13(11(16)12(7)2)9-5-8(9)10(14)15/h7-9H,3-6H2,1-2H3,(H,14,15). The van der Waals surface area contributed by atoms with Crippen LogP contribution in [0.2, 0.25) is 0 Å². The summed E-state index contributed by atoms with van der Waals surface area (Å²) in [6.07, 6.45) is 2.65. The maximum absolute atomic E-state index is 11.9. The molecular formula is C11H18N2O3. The first-order valence-corrected chi connectivity index (χ1v) is 5.82. The molecule has 1 aliphatic heterocycles. The summed E-state index contributed by atoms with van der Waals surface area (Å²) in [6, 6.07) is 0.189. The third kappa shape index (κ3) is 1.74. The SMILES string of the molecule is CCCC1CN(C2CC2C(=O)O)C(=O)N1C. The number of carbonyl (C=O) groups excluding carboxylic acids is 1. The average Bonchev–Trinajstić information content (AvgIpc) is 2.97. The fourth-order valence-electron chi connectivity index (χ4n) is 2.47. The molecule has 1 heterocycles. The van der Waals surface area contributed by atoms with Gasteiger partial charge in [0.15, 0.2) is 0 Å². The Kier molecular flexibility index (Phi) is 2.78. The van der Waals surface area contributed by atoms with Gasteiger partial charge in [0.05, 0.1) is 12.0 Å². The Morgan fingerprint density at radius 3 is 2.75 bits per heavy atom. The van der Waals surface area contributed by atoms with Crippen molar-refractivity contribution in [2.45, 2.75) is 38.3 Å². The van der Waals surface area contributed by atoms with E-state index in [0.717, 1.165) is 12.8 Å². The molecule has 1 N–H and O–H groups in total. The van der Waals surface area contributed by atoms with Crippen molar-refractivity contribution in [2.75, 3.05) is 13.6 Å². The minimum atomic E-state index is -0.778. The summed E-state index contributed by atoms with van der Waals surface area (Å²) in [7, 11) is 1.81. The molecule has 5 heteroatoms. The number of urea groups is 1. The summed E-state index contributed by atoms with van der Waals surface area (Å²) < 4.78 is 0. The lowest BCUT2D eigenvalue weighted by Gasteiger charge is -2.16. The van der Waals surface area contributed by atoms with Gasteiger partial charge in [-0.05, 0) is 12.8 Å². The summed E-state index contributed by atoms with van der Waals surface area (Å²) in [5, 5.41) is 8.85. The number of carboxylic acid groups (broad SMARTS) is 1. The highest BCUT2D eigenvalue weighted by Gasteiger charge is 2.52. The first kappa shape index (κ1) is 11.2. The van der Waals surface area contributed by atoms with E-state index in [0.29, 0.717) is 13.0 Å². The minimum Gasteiger partial charge on any atom is -0.481 e. The van der Waals surface area contributed by atoms with Crippen molar-refractivity contribution < 1.29 is 14.7 Å². The van der Waals surface area contributed by atoms with Crippen molar-refractivity contribution in [3.63, 3.8) is 0 Å². The Labute approximate surface area is 95.0 Å². The second-order valence-electron chi connectivity index (χ2n) is 4.74. The number of nitrogens with zero attached hydrogens (tertiary/aromatic N) is 2. The summed E-state index contributed by atoms with van der Waals surface area (Å²) in [5.41, 5.74) is 0. The summed E-state index contributed by atoms with van der Waals surface area (Å²) >= 11 is 0. The highest BCUT2D eigenvalue weighted by atomic mass is 16.4. The lowest BCUT2D eigenvalue weighted by atomic mass is 10.1. The van der Waals surface area contributed by atoms with Crippen LogP contribution in [-0.4, -0.2) is 52.6 Å². The molecule has 0 spiro atoms. The molecule has 16 heavy (non-hydrogen) atoms. The van der Waals surface area contributed by atoms with Crippen molar-refractivity contribution in [3.8, 4) is 0 Å². The molecule has 2 amide bonds. The van der Waals surface area contributed by atoms with Gasteiger partial charge < -0.3 is 14.9 Å². The molecule has 3 unspecified atom stereocenters. The summed E-state index contributed by atoms with van der Waals surface area (Å²) in [6.45, 7) is 2.79. The van der Waals surface area contributed by atoms with Gasteiger partial charge in [0.2, 0.25) is 0 Å². The minimum absolute atomic E-state index is 0.00722. The van der Waals surface area contributed by atoms with E-state index in [-0.39, 0.29) is 24.0 Å². The van der Waals surface area contributed by atoms with Crippen LogP contribution in [-0.2, 0) is 4.79 Å². The van der Waals surface area contributed by atoms with Gasteiger partial charge in [0, 0.05) is 19.6 Å². The second kappa shape index (κ2) is 3.96. The van der Waals surface area contributed by atoms with E-state index in [4.69, 9.17) is 5.11 Å². The molecule has 0 aromatic heterocycles. The average molecular weight is 226 g/mol. The quantitative estimate of drug-likeness (QED) is 0.777. The van der Waals surface area contributed by atoms with Gasteiger partial charge in [0.1, 0.15) is 0 Å². The molecule has 0 bridgehead atoms. The van der Waals surface area contributed by atoms with Crippen LogP contribution >= 0.6 is 0 Å². The van der Waals surface area contributed by atoms with Crippen molar-refractivity contribution in [3.05, 3.63) is 0 Å². The molecule has 0 radical (unpaired) electrons. The van der Waals surface area contributed by atoms with Crippen LogP contribution in [0.5, 0.6) is 0 Å². The lowest BCUT2D eigenvalue weighted by molar-refractivity contribution is -0.138. The Morgan fingerprint density at radius 2 is 2.25 bits per heavy atom. The van der Waals surface area contributed by atoms with Gasteiger partial charge in [-0.3, -0.25) is 4.79 Å². The van der Waals surface area contributed by atoms with Gasteiger partial charge in [-0.2, -0.15) is 0 Å². The molecular weight excluding hydrogens is 208 g/mol. The highest BCUT2D eigenvalue weighted by molar-refractivity contribution is 5.81.